The molecule has 2 heterocycles. The summed E-state index contributed by atoms with van der Waals surface area (Å²) in [6.45, 7) is 4.13. The topological polar surface area (TPSA) is 94.3 Å². The van der Waals surface area contributed by atoms with Gasteiger partial charge in [0, 0.05) is 23.2 Å². The number of hydrogen-bond acceptors (Lipinski definition) is 6. The van der Waals surface area contributed by atoms with Gasteiger partial charge in [-0.2, -0.15) is 0 Å². The number of pyridine rings is 1. The van der Waals surface area contributed by atoms with Gasteiger partial charge in [0.15, 0.2) is 5.82 Å². The molecule has 0 aliphatic heterocycles. The summed E-state index contributed by atoms with van der Waals surface area (Å²) in [5.41, 5.74) is 6.02. The Balaban J connectivity index is 1.60. The highest BCUT2D eigenvalue weighted by atomic mass is 32.2. The zero-order valence-electron chi connectivity index (χ0n) is 19.4. The number of nitrogens with zero attached hydrogens (tertiary/aromatic N) is 2. The fourth-order valence-electron chi connectivity index (χ4n) is 4.17. The maximum absolute atomic E-state index is 12.8. The van der Waals surface area contributed by atoms with Crippen molar-refractivity contribution in [1.29, 1.82) is 0 Å². The molecule has 7 nitrogen and oxygen atoms in total. The molecule has 35 heavy (non-hydrogen) atoms. The Morgan fingerprint density at radius 3 is 2.54 bits per heavy atom. The molecule has 1 N–H and O–H groups in total. The molecule has 0 radical (unpaired) electrons. The highest BCUT2D eigenvalue weighted by molar-refractivity contribution is 7.92. The maximum Gasteiger partial charge on any atom is 0.263 e. The van der Waals surface area contributed by atoms with Crippen LogP contribution < -0.4 is 9.46 Å². The highest BCUT2D eigenvalue weighted by Crippen LogP contribution is 2.39. The second-order valence-corrected chi connectivity index (χ2v) is 9.95. The van der Waals surface area contributed by atoms with E-state index < -0.39 is 10.0 Å². The Kier molecular flexibility index (Phi) is 5.74. The van der Waals surface area contributed by atoms with E-state index in [1.165, 1.54) is 17.9 Å². The molecule has 0 saturated carbocycles. The minimum absolute atomic E-state index is 0.114. The van der Waals surface area contributed by atoms with Gasteiger partial charge in [-0.05, 0) is 66.3 Å². The third-order valence-electron chi connectivity index (χ3n) is 5.85. The number of hydrogen-bond donors (Lipinski definition) is 1. The van der Waals surface area contributed by atoms with Gasteiger partial charge >= 0.3 is 0 Å². The van der Waals surface area contributed by atoms with Crippen LogP contribution in [0.25, 0.3) is 33.2 Å². The number of rotatable bonds is 6. The molecule has 0 atom stereocenters. The van der Waals surface area contributed by atoms with Crippen LogP contribution in [0.5, 0.6) is 5.75 Å². The molecule has 0 aliphatic rings. The molecule has 0 bridgehead atoms. The quantitative estimate of drug-likeness (QED) is 0.318. The van der Waals surface area contributed by atoms with Gasteiger partial charge in [-0.25, -0.2) is 8.42 Å². The van der Waals surface area contributed by atoms with Crippen molar-refractivity contribution in [2.45, 2.75) is 18.7 Å². The van der Waals surface area contributed by atoms with E-state index >= 15 is 0 Å². The maximum atomic E-state index is 12.8. The summed E-state index contributed by atoms with van der Waals surface area (Å²) in [4.78, 5) is 4.74. The van der Waals surface area contributed by atoms with E-state index in [-0.39, 0.29) is 10.7 Å². The Bertz CT molecular complexity index is 1650. The number of methoxy groups -OCH3 is 1. The molecule has 0 unspecified atom stereocenters. The first-order valence-electron chi connectivity index (χ1n) is 10.9. The Morgan fingerprint density at radius 2 is 1.80 bits per heavy atom. The standard InChI is InChI=1S/C27H23N3O4S/c1-17-5-4-6-19(13-17)23-16-25(33-3)24(14-18(23)2)27-22-8-7-21(15-20(22)9-11-28-27)35(31,32)30-26-10-12-34-29-26/h4-16H,1-3H3,(H,29,30). The van der Waals surface area contributed by atoms with Crippen molar-refractivity contribution >= 4 is 26.6 Å². The summed E-state index contributed by atoms with van der Waals surface area (Å²) >= 11 is 0. The van der Waals surface area contributed by atoms with E-state index in [0.29, 0.717) is 11.4 Å². The summed E-state index contributed by atoms with van der Waals surface area (Å²) in [5, 5.41) is 5.17. The number of ether oxygens (including phenoxy) is 1. The van der Waals surface area contributed by atoms with Crippen LogP contribution in [0.2, 0.25) is 0 Å². The molecule has 0 spiro atoms. The van der Waals surface area contributed by atoms with Crippen LogP contribution in [0.4, 0.5) is 5.82 Å². The van der Waals surface area contributed by atoms with Gasteiger partial charge in [0.25, 0.3) is 10.0 Å². The van der Waals surface area contributed by atoms with Crippen LogP contribution in [0, 0.1) is 13.8 Å². The average molecular weight is 486 g/mol. The predicted octanol–water partition coefficient (Wildman–Crippen LogP) is 5.98. The van der Waals surface area contributed by atoms with Gasteiger partial charge in [0.1, 0.15) is 12.0 Å². The first-order chi connectivity index (χ1) is 16.9. The zero-order chi connectivity index (χ0) is 24.6. The van der Waals surface area contributed by atoms with Crippen LogP contribution >= 0.6 is 0 Å². The molecule has 176 valence electrons. The molecular weight excluding hydrogens is 462 g/mol. The lowest BCUT2D eigenvalue weighted by molar-refractivity contribution is 0.416. The molecule has 5 rings (SSSR count). The number of aryl methyl sites for hydroxylation is 2. The van der Waals surface area contributed by atoms with Gasteiger partial charge in [-0.1, -0.05) is 41.1 Å². The fraction of sp³-hybridized carbons (Fsp3) is 0.111. The first-order valence-corrected chi connectivity index (χ1v) is 12.4. The minimum atomic E-state index is -3.83. The van der Waals surface area contributed by atoms with Crippen molar-refractivity contribution in [2.24, 2.45) is 0 Å². The Hall–Kier alpha value is -4.17. The highest BCUT2D eigenvalue weighted by Gasteiger charge is 2.19. The average Bonchev–Trinajstić information content (AvgIpc) is 3.35. The van der Waals surface area contributed by atoms with Gasteiger partial charge in [0.2, 0.25) is 0 Å². The molecule has 2 aromatic heterocycles. The lowest BCUT2D eigenvalue weighted by Gasteiger charge is -2.16. The van der Waals surface area contributed by atoms with Crippen molar-refractivity contribution in [1.82, 2.24) is 10.1 Å². The minimum Gasteiger partial charge on any atom is -0.496 e. The molecule has 5 aromatic rings. The molecular formula is C27H23N3O4S. The normalized spacial score (nSPS) is 11.5. The van der Waals surface area contributed by atoms with Crippen molar-refractivity contribution < 1.29 is 17.7 Å². The van der Waals surface area contributed by atoms with Crippen molar-refractivity contribution in [3.05, 3.63) is 90.3 Å². The number of benzene rings is 3. The molecule has 0 fully saturated rings. The largest absolute Gasteiger partial charge is 0.496 e. The predicted molar refractivity (Wildman–Crippen MR) is 136 cm³/mol. The summed E-state index contributed by atoms with van der Waals surface area (Å²) in [7, 11) is -2.19. The van der Waals surface area contributed by atoms with Crippen molar-refractivity contribution in [3.63, 3.8) is 0 Å². The van der Waals surface area contributed by atoms with Gasteiger partial charge < -0.3 is 9.26 Å². The summed E-state index contributed by atoms with van der Waals surface area (Å²) in [5.74, 6) is 0.811. The lowest BCUT2D eigenvalue weighted by atomic mass is 9.94. The van der Waals surface area contributed by atoms with E-state index in [4.69, 9.17) is 9.26 Å². The zero-order valence-corrected chi connectivity index (χ0v) is 20.3. The first kappa shape index (κ1) is 22.6. The van der Waals surface area contributed by atoms with Gasteiger partial charge in [-0.15, -0.1) is 0 Å². The second-order valence-electron chi connectivity index (χ2n) is 8.27. The number of sulfonamides is 1. The van der Waals surface area contributed by atoms with Crippen LogP contribution in [-0.2, 0) is 10.0 Å². The third-order valence-corrected chi connectivity index (χ3v) is 7.21. The molecule has 8 heteroatoms. The van der Waals surface area contributed by atoms with E-state index in [9.17, 15) is 8.42 Å². The molecule has 0 amide bonds. The SMILES string of the molecule is COc1cc(-c2cccc(C)c2)c(C)cc1-c1nccc2cc(S(=O)(=O)Nc3ccon3)ccc12. The van der Waals surface area contributed by atoms with Gasteiger partial charge in [-0.3, -0.25) is 9.71 Å². The molecule has 0 saturated heterocycles. The Labute approximate surface area is 203 Å². The lowest BCUT2D eigenvalue weighted by Crippen LogP contribution is -2.13. The number of anilines is 1. The monoisotopic (exact) mass is 485 g/mol. The second kappa shape index (κ2) is 8.88. The van der Waals surface area contributed by atoms with E-state index in [2.05, 4.69) is 53.0 Å². The third kappa shape index (κ3) is 4.36. The van der Waals surface area contributed by atoms with Crippen LogP contribution in [-0.4, -0.2) is 25.7 Å². The Morgan fingerprint density at radius 1 is 0.943 bits per heavy atom. The van der Waals surface area contributed by atoms with E-state index in [1.54, 1.807) is 37.6 Å². The molecule has 0 aliphatic carbocycles. The number of fused-ring (bicyclic) bond motifs is 1. The fourth-order valence-corrected chi connectivity index (χ4v) is 5.19. The number of aromatic nitrogens is 2. The van der Waals surface area contributed by atoms with Crippen molar-refractivity contribution in [3.8, 4) is 28.1 Å². The van der Waals surface area contributed by atoms with E-state index in [0.717, 1.165) is 33.0 Å². The van der Waals surface area contributed by atoms with E-state index in [1.807, 2.05) is 12.1 Å². The summed E-state index contributed by atoms with van der Waals surface area (Å²) < 4.78 is 38.5. The van der Waals surface area contributed by atoms with Crippen LogP contribution in [0.3, 0.4) is 0 Å². The van der Waals surface area contributed by atoms with Crippen LogP contribution in [0.15, 0.2) is 88.6 Å². The smallest absolute Gasteiger partial charge is 0.263 e. The summed E-state index contributed by atoms with van der Waals surface area (Å²) in [6.07, 6.45) is 2.97. The van der Waals surface area contributed by atoms with Gasteiger partial charge in [0.05, 0.1) is 17.7 Å². The molecule has 3 aromatic carbocycles. The van der Waals surface area contributed by atoms with Crippen LogP contribution in [0.1, 0.15) is 11.1 Å². The van der Waals surface area contributed by atoms with Crippen molar-refractivity contribution in [2.75, 3.05) is 11.8 Å². The summed E-state index contributed by atoms with van der Waals surface area (Å²) in [6, 6.07) is 20.6. The number of nitrogens with one attached hydrogen (secondary N) is 1.